The predicted octanol–water partition coefficient (Wildman–Crippen LogP) is 4.37. The van der Waals surface area contributed by atoms with Crippen LogP contribution in [-0.4, -0.2) is 56.4 Å². The van der Waals surface area contributed by atoms with E-state index < -0.39 is 54.9 Å². The minimum Gasteiger partial charge on any atom is -0.452 e. The number of methoxy groups -OCH3 is 1. The van der Waals surface area contributed by atoms with Crippen LogP contribution in [-0.2, 0) is 18.9 Å². The monoisotopic (exact) mass is 547 g/mol. The van der Waals surface area contributed by atoms with Gasteiger partial charge in [0, 0.05) is 30.3 Å². The molecule has 0 aliphatic carbocycles. The maximum atomic E-state index is 14.3. The molecule has 5 rings (SSSR count). The van der Waals surface area contributed by atoms with Gasteiger partial charge in [-0.1, -0.05) is 36.4 Å². The van der Waals surface area contributed by atoms with Gasteiger partial charge in [0.2, 0.25) is 0 Å². The van der Waals surface area contributed by atoms with E-state index in [4.69, 9.17) is 23.4 Å². The molecule has 0 radical (unpaired) electrons. The first kappa shape index (κ1) is 27.0. The summed E-state index contributed by atoms with van der Waals surface area (Å²) in [6.07, 6.45) is -5.00. The Morgan fingerprint density at radius 1 is 0.850 bits per heavy atom. The number of carbonyl (C=O) groups is 2. The predicted molar refractivity (Wildman–Crippen MR) is 143 cm³/mol. The summed E-state index contributed by atoms with van der Waals surface area (Å²) in [5.74, 6) is -1.45. The molecule has 40 heavy (non-hydrogen) atoms. The maximum Gasteiger partial charge on any atom is 0.338 e. The molecule has 206 valence electrons. The van der Waals surface area contributed by atoms with Gasteiger partial charge < -0.3 is 28.7 Å². The van der Waals surface area contributed by atoms with Crippen molar-refractivity contribution < 1.29 is 37.3 Å². The van der Waals surface area contributed by atoms with Crippen LogP contribution in [0.1, 0.15) is 20.7 Å². The first-order chi connectivity index (χ1) is 19.5. The molecule has 1 fully saturated rings. The molecule has 1 aliphatic rings. The van der Waals surface area contributed by atoms with E-state index >= 15 is 0 Å². The van der Waals surface area contributed by atoms with E-state index in [0.717, 1.165) is 0 Å². The van der Waals surface area contributed by atoms with Crippen LogP contribution in [0.4, 0.5) is 10.1 Å². The standard InChI is InChI=1S/C30H26FNO8/c1-36-30-25(32-21-14-12-18-13-15-24(33)37-22(18)16-21)27(40-29(35)20-10-6-3-7-11-20)26(23(17-31)38-30)39-28(34)19-8-4-2-5-9-19/h2-16,23,25-27,30,32H,17H2,1H3/t23?,25?,26-,27?,30+/m1/s1. The quantitative estimate of drug-likeness (QED) is 0.254. The summed E-state index contributed by atoms with van der Waals surface area (Å²) in [5.41, 5.74) is 0.740. The van der Waals surface area contributed by atoms with Crippen molar-refractivity contribution in [3.63, 3.8) is 0 Å². The summed E-state index contributed by atoms with van der Waals surface area (Å²) in [4.78, 5) is 38.0. The van der Waals surface area contributed by atoms with E-state index in [0.29, 0.717) is 16.7 Å². The zero-order valence-corrected chi connectivity index (χ0v) is 21.4. The molecular weight excluding hydrogens is 521 g/mol. The number of halogens is 1. The number of hydrogen-bond donors (Lipinski definition) is 1. The highest BCUT2D eigenvalue weighted by atomic mass is 19.1. The molecule has 9 nitrogen and oxygen atoms in total. The third-order valence-electron chi connectivity index (χ3n) is 6.49. The van der Waals surface area contributed by atoms with E-state index in [1.165, 1.54) is 13.2 Å². The van der Waals surface area contributed by atoms with Crippen LogP contribution in [0.25, 0.3) is 11.0 Å². The molecular formula is C30H26FNO8. The number of ether oxygens (including phenoxy) is 4. The van der Waals surface area contributed by atoms with E-state index in [-0.39, 0.29) is 11.1 Å². The number of alkyl halides is 1. The van der Waals surface area contributed by atoms with Gasteiger partial charge in [0.1, 0.15) is 24.4 Å². The minimum atomic E-state index is -1.34. The van der Waals surface area contributed by atoms with Gasteiger partial charge in [0.25, 0.3) is 0 Å². The van der Waals surface area contributed by atoms with Crippen LogP contribution in [0.5, 0.6) is 0 Å². The Labute approximate surface area is 228 Å². The Hall–Kier alpha value is -4.54. The number of carbonyl (C=O) groups excluding carboxylic acids is 2. The number of rotatable bonds is 8. The minimum absolute atomic E-state index is 0.233. The van der Waals surface area contributed by atoms with Gasteiger partial charge in [-0.25, -0.2) is 18.8 Å². The first-order valence-corrected chi connectivity index (χ1v) is 12.5. The van der Waals surface area contributed by atoms with Gasteiger partial charge in [0.05, 0.1) is 11.1 Å². The highest BCUT2D eigenvalue weighted by molar-refractivity contribution is 5.90. The molecule has 5 atom stereocenters. The molecule has 4 aromatic rings. The Morgan fingerprint density at radius 3 is 2.05 bits per heavy atom. The number of esters is 2. The van der Waals surface area contributed by atoms with Gasteiger partial charge in [-0.05, 0) is 42.5 Å². The number of anilines is 1. The molecule has 2 heterocycles. The summed E-state index contributed by atoms with van der Waals surface area (Å²) in [7, 11) is 1.36. The van der Waals surface area contributed by atoms with Gasteiger partial charge in [-0.3, -0.25) is 0 Å². The maximum absolute atomic E-state index is 14.3. The zero-order valence-electron chi connectivity index (χ0n) is 21.4. The second-order valence-corrected chi connectivity index (χ2v) is 9.08. The Morgan fingerprint density at radius 2 is 1.45 bits per heavy atom. The van der Waals surface area contributed by atoms with E-state index in [1.54, 1.807) is 84.9 Å². The molecule has 0 saturated carbocycles. The summed E-state index contributed by atoms with van der Waals surface area (Å²) < 4.78 is 42.6. The lowest BCUT2D eigenvalue weighted by molar-refractivity contribution is -0.249. The van der Waals surface area contributed by atoms with Gasteiger partial charge in [-0.2, -0.15) is 0 Å². The summed E-state index contributed by atoms with van der Waals surface area (Å²) in [6.45, 7) is -1.04. The molecule has 1 aromatic heterocycles. The van der Waals surface area contributed by atoms with E-state index in [9.17, 15) is 18.8 Å². The molecule has 3 aromatic carbocycles. The van der Waals surface area contributed by atoms with Crippen molar-refractivity contribution in [3.8, 4) is 0 Å². The summed E-state index contributed by atoms with van der Waals surface area (Å²) in [6, 6.07) is 23.4. The van der Waals surface area contributed by atoms with E-state index in [1.807, 2.05) is 0 Å². The topological polar surface area (TPSA) is 113 Å². The SMILES string of the molecule is CO[C@H]1OC(CF)[C@@H](OC(=O)c2ccccc2)C(OC(=O)c2ccccc2)C1Nc1ccc2ccc(=O)oc2c1. The Kier molecular flexibility index (Phi) is 8.18. The molecule has 10 heteroatoms. The van der Waals surface area contributed by atoms with Crippen LogP contribution >= 0.6 is 0 Å². The summed E-state index contributed by atoms with van der Waals surface area (Å²) >= 11 is 0. The van der Waals surface area contributed by atoms with Crippen molar-refractivity contribution in [1.82, 2.24) is 0 Å². The van der Waals surface area contributed by atoms with Crippen LogP contribution < -0.4 is 10.9 Å². The van der Waals surface area contributed by atoms with Crippen molar-refractivity contribution in [2.24, 2.45) is 0 Å². The van der Waals surface area contributed by atoms with Gasteiger partial charge in [0.15, 0.2) is 18.5 Å². The van der Waals surface area contributed by atoms with Gasteiger partial charge >= 0.3 is 17.6 Å². The molecule has 1 N–H and O–H groups in total. The van der Waals surface area contributed by atoms with Crippen LogP contribution in [0.15, 0.2) is 100 Å². The second-order valence-electron chi connectivity index (χ2n) is 9.08. The zero-order chi connectivity index (χ0) is 28.1. The van der Waals surface area contributed by atoms with Crippen molar-refractivity contribution in [2.45, 2.75) is 30.6 Å². The molecule has 3 unspecified atom stereocenters. The fourth-order valence-corrected chi connectivity index (χ4v) is 4.54. The fourth-order valence-electron chi connectivity index (χ4n) is 4.54. The van der Waals surface area contributed by atoms with Crippen molar-refractivity contribution in [1.29, 1.82) is 0 Å². The Balaban J connectivity index is 1.52. The number of fused-ring (bicyclic) bond motifs is 1. The third-order valence-corrected chi connectivity index (χ3v) is 6.49. The lowest BCUT2D eigenvalue weighted by atomic mass is 9.95. The normalized spacial score (nSPS) is 22.4. The third kappa shape index (κ3) is 5.88. The fraction of sp³-hybridized carbons (Fsp3) is 0.233. The largest absolute Gasteiger partial charge is 0.452 e. The first-order valence-electron chi connectivity index (χ1n) is 12.5. The molecule has 0 bridgehead atoms. The van der Waals surface area contributed by atoms with E-state index in [2.05, 4.69) is 5.32 Å². The molecule has 0 amide bonds. The van der Waals surface area contributed by atoms with Crippen LogP contribution in [0, 0.1) is 0 Å². The second kappa shape index (κ2) is 12.1. The average Bonchev–Trinajstić information content (AvgIpc) is 2.99. The van der Waals surface area contributed by atoms with Crippen molar-refractivity contribution >= 4 is 28.6 Å². The van der Waals surface area contributed by atoms with Crippen LogP contribution in [0.2, 0.25) is 0 Å². The number of nitrogens with one attached hydrogen (secondary N) is 1. The van der Waals surface area contributed by atoms with Crippen molar-refractivity contribution in [3.05, 3.63) is 113 Å². The molecule has 1 saturated heterocycles. The average molecular weight is 548 g/mol. The lowest BCUT2D eigenvalue weighted by Crippen LogP contribution is -2.63. The number of hydrogen-bond acceptors (Lipinski definition) is 9. The van der Waals surface area contributed by atoms with Crippen molar-refractivity contribution in [2.75, 3.05) is 19.1 Å². The molecule has 1 aliphatic heterocycles. The summed E-state index contributed by atoms with van der Waals surface area (Å²) in [5, 5.41) is 3.87. The van der Waals surface area contributed by atoms with Crippen LogP contribution in [0.3, 0.4) is 0 Å². The lowest BCUT2D eigenvalue weighted by Gasteiger charge is -2.44. The van der Waals surface area contributed by atoms with Gasteiger partial charge in [-0.15, -0.1) is 0 Å². The Bertz CT molecular complexity index is 1530. The smallest absolute Gasteiger partial charge is 0.338 e. The highest BCUT2D eigenvalue weighted by Gasteiger charge is 2.51. The number of benzene rings is 3. The highest BCUT2D eigenvalue weighted by Crippen LogP contribution is 2.31. The molecule has 0 spiro atoms.